The van der Waals surface area contributed by atoms with Gasteiger partial charge in [0, 0.05) is 5.56 Å². The number of hydrogen-bond acceptors (Lipinski definition) is 4. The number of unbranched alkanes of at least 4 members (excludes halogenated alkanes) is 5. The number of carbonyl (C=O) groups is 1. The molecule has 0 amide bonds. The van der Waals surface area contributed by atoms with Crippen molar-refractivity contribution < 1.29 is 28.2 Å². The van der Waals surface area contributed by atoms with E-state index in [1.54, 1.807) is 12.1 Å². The molecular formula is C27H28F2O4. The molecule has 0 aliphatic heterocycles. The summed E-state index contributed by atoms with van der Waals surface area (Å²) < 4.78 is 39.9. The molecular weight excluding hydrogens is 426 g/mol. The molecule has 0 unspecified atom stereocenters. The Labute approximate surface area is 192 Å². The number of benzene rings is 3. The van der Waals surface area contributed by atoms with Gasteiger partial charge in [0.2, 0.25) is 5.82 Å². The minimum atomic E-state index is -1.01. The lowest BCUT2D eigenvalue weighted by Crippen LogP contribution is -2.08. The van der Waals surface area contributed by atoms with Crippen molar-refractivity contribution in [3.05, 3.63) is 77.9 Å². The predicted octanol–water partition coefficient (Wildman–Crippen LogP) is 7.30. The fourth-order valence-electron chi connectivity index (χ4n) is 3.40. The van der Waals surface area contributed by atoms with Crippen molar-refractivity contribution >= 4 is 5.97 Å². The fourth-order valence-corrected chi connectivity index (χ4v) is 3.40. The summed E-state index contributed by atoms with van der Waals surface area (Å²) in [6, 6.07) is 14.7. The Bertz CT molecular complexity index is 1050. The third-order valence-corrected chi connectivity index (χ3v) is 5.28. The van der Waals surface area contributed by atoms with E-state index in [-0.39, 0.29) is 28.4 Å². The molecule has 3 aromatic rings. The maximum Gasteiger partial charge on any atom is 0.343 e. The van der Waals surface area contributed by atoms with Crippen molar-refractivity contribution in [3.63, 3.8) is 0 Å². The molecule has 0 saturated heterocycles. The molecule has 0 aliphatic rings. The SMILES string of the molecule is CCCCCCCCOc1ccc(-c2ccc(OC(=O)c3ccc(O)cc3)cc2)c(F)c1F. The average Bonchev–Trinajstić information content (AvgIpc) is 2.82. The number of carbonyl (C=O) groups excluding carboxylic acids is 1. The van der Waals surface area contributed by atoms with Crippen molar-refractivity contribution in [1.29, 1.82) is 0 Å². The number of esters is 1. The lowest BCUT2D eigenvalue weighted by molar-refractivity contribution is 0.0734. The van der Waals surface area contributed by atoms with E-state index in [4.69, 9.17) is 9.47 Å². The summed E-state index contributed by atoms with van der Waals surface area (Å²) in [5.41, 5.74) is 0.815. The van der Waals surface area contributed by atoms with Gasteiger partial charge in [-0.25, -0.2) is 9.18 Å². The monoisotopic (exact) mass is 454 g/mol. The molecule has 0 aliphatic carbocycles. The molecule has 6 heteroatoms. The number of phenolic OH excluding ortho intramolecular Hbond substituents is 1. The van der Waals surface area contributed by atoms with Gasteiger partial charge < -0.3 is 14.6 Å². The van der Waals surface area contributed by atoms with E-state index >= 15 is 0 Å². The Morgan fingerprint density at radius 1 is 0.818 bits per heavy atom. The van der Waals surface area contributed by atoms with Gasteiger partial charge in [-0.2, -0.15) is 4.39 Å². The molecule has 174 valence electrons. The van der Waals surface area contributed by atoms with Gasteiger partial charge in [-0.15, -0.1) is 0 Å². The first kappa shape index (κ1) is 24.2. The smallest absolute Gasteiger partial charge is 0.343 e. The summed E-state index contributed by atoms with van der Waals surface area (Å²) in [6.45, 7) is 2.51. The van der Waals surface area contributed by atoms with Crippen molar-refractivity contribution in [2.24, 2.45) is 0 Å². The maximum atomic E-state index is 14.7. The highest BCUT2D eigenvalue weighted by molar-refractivity contribution is 5.91. The molecule has 0 atom stereocenters. The summed E-state index contributed by atoms with van der Waals surface area (Å²) in [6.07, 6.45) is 6.50. The summed E-state index contributed by atoms with van der Waals surface area (Å²) in [7, 11) is 0. The summed E-state index contributed by atoms with van der Waals surface area (Å²) >= 11 is 0. The predicted molar refractivity (Wildman–Crippen MR) is 124 cm³/mol. The lowest BCUT2D eigenvalue weighted by atomic mass is 10.0. The number of aromatic hydroxyl groups is 1. The highest BCUT2D eigenvalue weighted by atomic mass is 19.2. The van der Waals surface area contributed by atoms with Crippen LogP contribution in [0.25, 0.3) is 11.1 Å². The standard InChI is InChI=1S/C27H28F2O4/c1-2-3-4-5-6-7-18-32-24-17-16-23(25(28)26(24)29)19-10-14-22(15-11-19)33-27(31)20-8-12-21(30)13-9-20/h8-17,30H,2-7,18H2,1H3. The average molecular weight is 455 g/mol. The number of ether oxygens (including phenoxy) is 2. The molecule has 0 saturated carbocycles. The van der Waals surface area contributed by atoms with Crippen LogP contribution in [-0.2, 0) is 0 Å². The summed E-state index contributed by atoms with van der Waals surface area (Å²) in [4.78, 5) is 12.2. The molecule has 0 aromatic heterocycles. The van der Waals surface area contributed by atoms with E-state index < -0.39 is 17.6 Å². The van der Waals surface area contributed by atoms with Crippen molar-refractivity contribution in [1.82, 2.24) is 0 Å². The largest absolute Gasteiger partial charge is 0.508 e. The highest BCUT2D eigenvalue weighted by Crippen LogP contribution is 2.31. The van der Waals surface area contributed by atoms with Crippen LogP contribution < -0.4 is 9.47 Å². The van der Waals surface area contributed by atoms with Crippen molar-refractivity contribution in [2.45, 2.75) is 45.4 Å². The number of halogens is 2. The summed E-state index contributed by atoms with van der Waals surface area (Å²) in [5.74, 6) is -2.37. The number of hydrogen-bond donors (Lipinski definition) is 1. The van der Waals surface area contributed by atoms with Gasteiger partial charge in [0.25, 0.3) is 0 Å². The van der Waals surface area contributed by atoms with E-state index in [2.05, 4.69) is 6.92 Å². The molecule has 0 bridgehead atoms. The van der Waals surface area contributed by atoms with Crippen LogP contribution >= 0.6 is 0 Å². The van der Waals surface area contributed by atoms with Gasteiger partial charge in [-0.3, -0.25) is 0 Å². The van der Waals surface area contributed by atoms with E-state index in [1.807, 2.05) is 0 Å². The van der Waals surface area contributed by atoms with Gasteiger partial charge in [0.15, 0.2) is 11.6 Å². The van der Waals surface area contributed by atoms with E-state index in [0.29, 0.717) is 12.2 Å². The topological polar surface area (TPSA) is 55.8 Å². The molecule has 0 fully saturated rings. The Morgan fingerprint density at radius 3 is 2.18 bits per heavy atom. The van der Waals surface area contributed by atoms with Crippen molar-refractivity contribution in [3.8, 4) is 28.4 Å². The third kappa shape index (κ3) is 6.78. The molecule has 1 N–H and O–H groups in total. The zero-order valence-corrected chi connectivity index (χ0v) is 18.7. The molecule has 4 nitrogen and oxygen atoms in total. The first-order valence-electron chi connectivity index (χ1n) is 11.2. The Hall–Kier alpha value is -3.41. The maximum absolute atomic E-state index is 14.7. The lowest BCUT2D eigenvalue weighted by Gasteiger charge is -2.11. The zero-order chi connectivity index (χ0) is 23.6. The van der Waals surface area contributed by atoms with Gasteiger partial charge in [-0.05, 0) is 60.5 Å². The second-order valence-corrected chi connectivity index (χ2v) is 7.82. The van der Waals surface area contributed by atoms with Gasteiger partial charge in [0.05, 0.1) is 12.2 Å². The van der Waals surface area contributed by atoms with E-state index in [1.165, 1.54) is 67.8 Å². The van der Waals surface area contributed by atoms with Crippen LogP contribution in [0.4, 0.5) is 8.78 Å². The Balaban J connectivity index is 1.59. The quantitative estimate of drug-likeness (QED) is 0.188. The second kappa shape index (κ2) is 12.0. The normalized spacial score (nSPS) is 10.8. The van der Waals surface area contributed by atoms with Crippen molar-refractivity contribution in [2.75, 3.05) is 6.61 Å². The van der Waals surface area contributed by atoms with Crippen LogP contribution in [0.3, 0.4) is 0 Å². The van der Waals surface area contributed by atoms with Crippen LogP contribution in [0.1, 0.15) is 55.8 Å². The molecule has 0 radical (unpaired) electrons. The minimum absolute atomic E-state index is 0.0454. The number of rotatable bonds is 11. The van der Waals surface area contributed by atoms with Gasteiger partial charge in [-0.1, -0.05) is 51.2 Å². The zero-order valence-electron chi connectivity index (χ0n) is 18.7. The molecule has 3 rings (SSSR count). The van der Waals surface area contributed by atoms with Crippen LogP contribution in [0.15, 0.2) is 60.7 Å². The fraction of sp³-hybridized carbons (Fsp3) is 0.296. The van der Waals surface area contributed by atoms with Crippen LogP contribution in [0.5, 0.6) is 17.2 Å². The highest BCUT2D eigenvalue weighted by Gasteiger charge is 2.16. The van der Waals surface area contributed by atoms with Gasteiger partial charge >= 0.3 is 5.97 Å². The van der Waals surface area contributed by atoms with Crippen LogP contribution in [0, 0.1) is 11.6 Å². The molecule has 0 spiro atoms. The Kier molecular flexibility index (Phi) is 8.81. The number of phenols is 1. The van der Waals surface area contributed by atoms with E-state index in [9.17, 15) is 18.7 Å². The van der Waals surface area contributed by atoms with Crippen LogP contribution in [0.2, 0.25) is 0 Å². The van der Waals surface area contributed by atoms with E-state index in [0.717, 1.165) is 19.3 Å². The summed E-state index contributed by atoms with van der Waals surface area (Å²) in [5, 5.41) is 9.30. The first-order valence-corrected chi connectivity index (χ1v) is 11.2. The minimum Gasteiger partial charge on any atom is -0.508 e. The molecule has 33 heavy (non-hydrogen) atoms. The molecule has 0 heterocycles. The Morgan fingerprint density at radius 2 is 1.48 bits per heavy atom. The molecule has 3 aromatic carbocycles. The first-order chi connectivity index (χ1) is 16.0. The third-order valence-electron chi connectivity index (χ3n) is 5.28. The van der Waals surface area contributed by atoms with Crippen LogP contribution in [-0.4, -0.2) is 17.7 Å². The second-order valence-electron chi connectivity index (χ2n) is 7.82. The van der Waals surface area contributed by atoms with Gasteiger partial charge in [0.1, 0.15) is 11.5 Å².